The van der Waals surface area contributed by atoms with Crippen LogP contribution in [-0.2, 0) is 14.8 Å². The van der Waals surface area contributed by atoms with Crippen LogP contribution in [0.3, 0.4) is 0 Å². The van der Waals surface area contributed by atoms with Gasteiger partial charge in [-0.1, -0.05) is 25.5 Å². The molecule has 2 N–H and O–H groups in total. The number of carboxylic acid groups (broad SMARTS) is 1. The molecule has 1 heterocycles. The summed E-state index contributed by atoms with van der Waals surface area (Å²) in [5, 5.41) is 20.0. The molecule has 0 spiro atoms. The Balaban J connectivity index is 2.33. The summed E-state index contributed by atoms with van der Waals surface area (Å²) >= 11 is 0. The molecule has 1 fully saturated rings. The number of carboxylic acids is 1. The number of aliphatic hydroxyl groups is 1. The maximum atomic E-state index is 12.9. The molecule has 0 amide bonds. The molecule has 1 aromatic rings. The van der Waals surface area contributed by atoms with E-state index in [-0.39, 0.29) is 24.4 Å². The van der Waals surface area contributed by atoms with Gasteiger partial charge in [0.05, 0.1) is 16.4 Å². The van der Waals surface area contributed by atoms with Crippen molar-refractivity contribution in [1.82, 2.24) is 4.31 Å². The van der Waals surface area contributed by atoms with Gasteiger partial charge in [-0.3, -0.25) is 4.79 Å². The zero-order valence-electron chi connectivity index (χ0n) is 14.3. The Morgan fingerprint density at radius 1 is 1.38 bits per heavy atom. The third-order valence-electron chi connectivity index (χ3n) is 4.91. The number of rotatable bonds is 5. The molecule has 1 saturated heterocycles. The summed E-state index contributed by atoms with van der Waals surface area (Å²) in [4.78, 5) is 11.9. The molecule has 0 aliphatic carbocycles. The first-order valence-electron chi connectivity index (χ1n) is 8.14. The second-order valence-electron chi connectivity index (χ2n) is 6.61. The predicted octanol–water partition coefficient (Wildman–Crippen LogP) is 1.93. The summed E-state index contributed by atoms with van der Waals surface area (Å²) in [5.41, 5.74) is 0.212. The van der Waals surface area contributed by atoms with Crippen LogP contribution in [0.4, 0.5) is 0 Å². The Morgan fingerprint density at radius 2 is 2.04 bits per heavy atom. The molecule has 0 bridgehead atoms. The molecule has 1 aliphatic heterocycles. The first-order valence-corrected chi connectivity index (χ1v) is 9.58. The van der Waals surface area contributed by atoms with E-state index in [9.17, 15) is 23.4 Å². The lowest BCUT2D eigenvalue weighted by atomic mass is 9.73. The van der Waals surface area contributed by atoms with Gasteiger partial charge in [-0.2, -0.15) is 4.31 Å². The van der Waals surface area contributed by atoms with Crippen LogP contribution in [0.15, 0.2) is 23.1 Å². The van der Waals surface area contributed by atoms with Crippen LogP contribution in [0.5, 0.6) is 0 Å². The van der Waals surface area contributed by atoms with Crippen LogP contribution in [-0.4, -0.2) is 48.1 Å². The summed E-state index contributed by atoms with van der Waals surface area (Å²) in [5.74, 6) is -1.05. The summed E-state index contributed by atoms with van der Waals surface area (Å²) < 4.78 is 27.0. The fraction of sp³-hybridized carbons (Fsp3) is 0.588. The van der Waals surface area contributed by atoms with Crippen molar-refractivity contribution in [2.45, 2.75) is 51.0 Å². The van der Waals surface area contributed by atoms with Gasteiger partial charge >= 0.3 is 5.97 Å². The lowest BCUT2D eigenvalue weighted by molar-refractivity contribution is -0.162. The van der Waals surface area contributed by atoms with Crippen molar-refractivity contribution in [2.75, 3.05) is 13.1 Å². The molecular formula is C17H25NO5S. The summed E-state index contributed by atoms with van der Waals surface area (Å²) in [7, 11) is -3.76. The zero-order chi connectivity index (χ0) is 18.1. The summed E-state index contributed by atoms with van der Waals surface area (Å²) in [6.45, 7) is 5.31. The van der Waals surface area contributed by atoms with Gasteiger partial charge in [0.2, 0.25) is 10.0 Å². The molecule has 0 unspecified atom stereocenters. The average molecular weight is 355 g/mol. The highest BCUT2D eigenvalue weighted by Gasteiger charge is 2.50. The van der Waals surface area contributed by atoms with Crippen molar-refractivity contribution in [2.24, 2.45) is 5.41 Å². The quantitative estimate of drug-likeness (QED) is 0.841. The van der Waals surface area contributed by atoms with E-state index >= 15 is 0 Å². The lowest BCUT2D eigenvalue weighted by Crippen LogP contribution is -2.55. The third kappa shape index (κ3) is 3.20. The second kappa shape index (κ2) is 6.82. The average Bonchev–Trinajstić information content (AvgIpc) is 2.51. The number of benzene rings is 1. The molecule has 134 valence electrons. The van der Waals surface area contributed by atoms with Crippen LogP contribution in [0, 0.1) is 19.3 Å². The number of hydrogen-bond donors (Lipinski definition) is 2. The Labute approximate surface area is 143 Å². The van der Waals surface area contributed by atoms with Gasteiger partial charge < -0.3 is 10.2 Å². The van der Waals surface area contributed by atoms with Crippen LogP contribution in [0.2, 0.25) is 0 Å². The van der Waals surface area contributed by atoms with Crippen molar-refractivity contribution in [3.8, 4) is 0 Å². The SMILES string of the molecule is CCC[C@]1(C(=O)O)CCN(S(=O)(=O)c2cc(C)ccc2C)C[C@@H]1O. The Morgan fingerprint density at radius 3 is 2.58 bits per heavy atom. The number of sulfonamides is 1. The number of aryl methyl sites for hydroxylation is 2. The van der Waals surface area contributed by atoms with Gasteiger partial charge in [0.1, 0.15) is 0 Å². The van der Waals surface area contributed by atoms with Crippen molar-refractivity contribution in [3.05, 3.63) is 29.3 Å². The van der Waals surface area contributed by atoms with Crippen LogP contribution < -0.4 is 0 Å². The Bertz CT molecular complexity index is 730. The van der Waals surface area contributed by atoms with E-state index in [4.69, 9.17) is 0 Å². The highest BCUT2D eigenvalue weighted by Crippen LogP contribution is 2.38. The van der Waals surface area contributed by atoms with E-state index in [0.29, 0.717) is 18.4 Å². The van der Waals surface area contributed by atoms with E-state index in [2.05, 4.69) is 0 Å². The number of β-amino-alcohol motifs (C(OH)–C–C–N with tert-alkyl or cyclic N) is 1. The smallest absolute Gasteiger partial charge is 0.312 e. The molecule has 2 atom stereocenters. The number of aliphatic carboxylic acids is 1. The zero-order valence-corrected chi connectivity index (χ0v) is 15.1. The van der Waals surface area contributed by atoms with Gasteiger partial charge in [-0.25, -0.2) is 8.42 Å². The number of nitrogens with zero attached hydrogens (tertiary/aromatic N) is 1. The van der Waals surface area contributed by atoms with E-state index in [1.807, 2.05) is 19.9 Å². The standard InChI is InChI=1S/C17H25NO5S/c1-4-7-17(16(20)21)8-9-18(11-15(17)19)24(22,23)14-10-12(2)5-6-13(14)3/h5-6,10,15,19H,4,7-9,11H2,1-3H3,(H,20,21)/t15-,17-/m0/s1. The van der Waals surface area contributed by atoms with Gasteiger partial charge in [0, 0.05) is 13.1 Å². The van der Waals surface area contributed by atoms with Crippen LogP contribution in [0.1, 0.15) is 37.3 Å². The maximum absolute atomic E-state index is 12.9. The molecule has 0 radical (unpaired) electrons. The fourth-order valence-electron chi connectivity index (χ4n) is 3.39. The molecule has 0 aromatic heterocycles. The minimum atomic E-state index is -3.76. The molecule has 0 saturated carbocycles. The van der Waals surface area contributed by atoms with E-state index in [1.165, 1.54) is 4.31 Å². The first kappa shape index (κ1) is 18.9. The molecule has 24 heavy (non-hydrogen) atoms. The summed E-state index contributed by atoms with van der Waals surface area (Å²) in [6, 6.07) is 5.21. The first-order chi connectivity index (χ1) is 11.1. The number of hydrogen-bond acceptors (Lipinski definition) is 4. The largest absolute Gasteiger partial charge is 0.481 e. The maximum Gasteiger partial charge on any atom is 0.312 e. The van der Waals surface area contributed by atoms with Gasteiger partial charge in [0.25, 0.3) is 0 Å². The van der Waals surface area contributed by atoms with E-state index in [1.54, 1.807) is 19.1 Å². The monoisotopic (exact) mass is 355 g/mol. The minimum absolute atomic E-state index is 0.0963. The van der Waals surface area contributed by atoms with Crippen molar-refractivity contribution >= 4 is 16.0 Å². The van der Waals surface area contributed by atoms with Crippen LogP contribution >= 0.6 is 0 Å². The Kier molecular flexibility index (Phi) is 5.37. The normalized spacial score (nSPS) is 25.6. The van der Waals surface area contributed by atoms with E-state index < -0.39 is 27.5 Å². The van der Waals surface area contributed by atoms with Gasteiger partial charge in [-0.05, 0) is 43.9 Å². The molecule has 7 heteroatoms. The van der Waals surface area contributed by atoms with Gasteiger partial charge in [-0.15, -0.1) is 0 Å². The highest BCUT2D eigenvalue weighted by molar-refractivity contribution is 7.89. The molecular weight excluding hydrogens is 330 g/mol. The number of aliphatic hydroxyl groups excluding tert-OH is 1. The fourth-order valence-corrected chi connectivity index (χ4v) is 5.14. The van der Waals surface area contributed by atoms with Crippen molar-refractivity contribution in [3.63, 3.8) is 0 Å². The Hall–Kier alpha value is -1.44. The van der Waals surface area contributed by atoms with Crippen LogP contribution in [0.25, 0.3) is 0 Å². The highest BCUT2D eigenvalue weighted by atomic mass is 32.2. The third-order valence-corrected chi connectivity index (χ3v) is 6.91. The lowest BCUT2D eigenvalue weighted by Gasteiger charge is -2.42. The molecule has 1 aromatic carbocycles. The molecule has 2 rings (SSSR count). The second-order valence-corrected chi connectivity index (χ2v) is 8.52. The van der Waals surface area contributed by atoms with Crippen molar-refractivity contribution in [1.29, 1.82) is 0 Å². The van der Waals surface area contributed by atoms with Gasteiger partial charge in [0.15, 0.2) is 0 Å². The van der Waals surface area contributed by atoms with Crippen molar-refractivity contribution < 1.29 is 23.4 Å². The minimum Gasteiger partial charge on any atom is -0.481 e. The number of carbonyl (C=O) groups is 1. The topological polar surface area (TPSA) is 94.9 Å². The number of piperidine rings is 1. The predicted molar refractivity (Wildman–Crippen MR) is 90.3 cm³/mol. The summed E-state index contributed by atoms with van der Waals surface area (Å²) in [6.07, 6.45) is -0.154. The van der Waals surface area contributed by atoms with E-state index in [0.717, 1.165) is 5.56 Å². The molecule has 6 nitrogen and oxygen atoms in total. The molecule has 1 aliphatic rings.